The molecule has 1 fully saturated rings. The highest BCUT2D eigenvalue weighted by atomic mass is 16.5. The molecule has 0 spiro atoms. The first-order chi connectivity index (χ1) is 28.9. The molecule has 1 aliphatic rings. The molecule has 2 unspecified atom stereocenters. The van der Waals surface area contributed by atoms with E-state index >= 15 is 0 Å². The largest absolute Gasteiger partial charge is 0.469 e. The van der Waals surface area contributed by atoms with Gasteiger partial charge in [0.25, 0.3) is 0 Å². The number of amides is 2. The van der Waals surface area contributed by atoms with E-state index in [1.807, 2.05) is 12.1 Å². The zero-order chi connectivity index (χ0) is 42.3. The second-order valence-electron chi connectivity index (χ2n) is 17.8. The lowest BCUT2D eigenvalue weighted by atomic mass is 9.85. The number of unbranched alkanes of at least 4 members (excludes halogenated alkanes) is 20. The van der Waals surface area contributed by atoms with Gasteiger partial charge in [0.05, 0.1) is 7.11 Å². The molecule has 2 aromatic rings. The van der Waals surface area contributed by atoms with Gasteiger partial charge in [0.2, 0.25) is 11.8 Å². The van der Waals surface area contributed by atoms with E-state index in [0.29, 0.717) is 12.8 Å². The van der Waals surface area contributed by atoms with Gasteiger partial charge in [-0.1, -0.05) is 186 Å². The van der Waals surface area contributed by atoms with Crippen molar-refractivity contribution in [3.63, 3.8) is 0 Å². The highest BCUT2D eigenvalue weighted by Crippen LogP contribution is 2.32. The van der Waals surface area contributed by atoms with Crippen LogP contribution in [0.15, 0.2) is 42.5 Å². The number of piperidine rings is 1. The number of fused-ring (bicyclic) bond motifs is 1. The fourth-order valence-corrected chi connectivity index (χ4v) is 9.33. The topological polar surface area (TPSA) is 78.9 Å². The molecule has 59 heavy (non-hydrogen) atoms. The summed E-state index contributed by atoms with van der Waals surface area (Å²) in [7, 11) is 1.46. The van der Waals surface area contributed by atoms with Crippen LogP contribution in [0.5, 0.6) is 0 Å². The van der Waals surface area contributed by atoms with E-state index in [1.165, 1.54) is 116 Å². The van der Waals surface area contributed by atoms with Crippen molar-refractivity contribution in [2.24, 2.45) is 5.92 Å². The SMILES string of the molecule is CCCCCCCC(CCCCCC)N(C(=O)CCCCCCCCCCCCCCCCC(=O)OC)C(C(=O)Nc1ccc2ccccc2c1)C1CCN(CC)CC1. The van der Waals surface area contributed by atoms with E-state index in [-0.39, 0.29) is 29.7 Å². The number of carbonyl (C=O) groups is 3. The number of nitrogens with zero attached hydrogens (tertiary/aromatic N) is 2. The van der Waals surface area contributed by atoms with Crippen LogP contribution in [0.4, 0.5) is 5.69 Å². The lowest BCUT2D eigenvalue weighted by Gasteiger charge is -2.44. The second-order valence-corrected chi connectivity index (χ2v) is 17.8. The van der Waals surface area contributed by atoms with Crippen molar-refractivity contribution in [1.29, 1.82) is 0 Å². The van der Waals surface area contributed by atoms with E-state index in [1.54, 1.807) is 0 Å². The molecule has 2 atom stereocenters. The molecule has 1 saturated heterocycles. The maximum Gasteiger partial charge on any atom is 0.305 e. The molecular weight excluding hydrogens is 731 g/mol. The van der Waals surface area contributed by atoms with Crippen LogP contribution >= 0.6 is 0 Å². The van der Waals surface area contributed by atoms with Crippen LogP contribution in [0.2, 0.25) is 0 Å². The maximum absolute atomic E-state index is 14.9. The van der Waals surface area contributed by atoms with Gasteiger partial charge >= 0.3 is 5.97 Å². The van der Waals surface area contributed by atoms with Crippen LogP contribution < -0.4 is 5.32 Å². The third-order valence-electron chi connectivity index (χ3n) is 13.1. The molecule has 7 nitrogen and oxygen atoms in total. The Bertz CT molecular complexity index is 1410. The zero-order valence-electron chi connectivity index (χ0n) is 38.4. The van der Waals surface area contributed by atoms with Gasteiger partial charge in [-0.25, -0.2) is 0 Å². The van der Waals surface area contributed by atoms with Gasteiger partial charge in [0, 0.05) is 24.6 Å². The number of methoxy groups -OCH3 is 1. The fraction of sp³-hybridized carbons (Fsp3) is 0.750. The molecule has 7 heteroatoms. The molecule has 0 saturated carbocycles. The van der Waals surface area contributed by atoms with E-state index in [4.69, 9.17) is 4.74 Å². The van der Waals surface area contributed by atoms with Crippen molar-refractivity contribution in [2.75, 3.05) is 32.1 Å². The predicted molar refractivity (Wildman–Crippen MR) is 250 cm³/mol. The summed E-state index contributed by atoms with van der Waals surface area (Å²) in [6.07, 6.45) is 32.5. The summed E-state index contributed by atoms with van der Waals surface area (Å²) in [5, 5.41) is 5.65. The number of benzene rings is 2. The molecule has 1 aliphatic heterocycles. The Balaban J connectivity index is 1.64. The van der Waals surface area contributed by atoms with Gasteiger partial charge in [-0.15, -0.1) is 0 Å². The average Bonchev–Trinajstić information content (AvgIpc) is 3.25. The number of ether oxygens (including phenoxy) is 1. The molecule has 0 aliphatic carbocycles. The Morgan fingerprint density at radius 2 is 1.14 bits per heavy atom. The molecule has 2 amide bonds. The highest BCUT2D eigenvalue weighted by Gasteiger charge is 2.41. The van der Waals surface area contributed by atoms with Gasteiger partial charge in [-0.05, 0) is 87.0 Å². The first-order valence-corrected chi connectivity index (χ1v) is 24.8. The number of likely N-dealkylation sites (tertiary alicyclic amines) is 1. The Labute approximate surface area is 361 Å². The van der Waals surface area contributed by atoms with E-state index in [9.17, 15) is 14.4 Å². The zero-order valence-corrected chi connectivity index (χ0v) is 38.4. The van der Waals surface area contributed by atoms with Gasteiger partial charge in [0.15, 0.2) is 0 Å². The fourth-order valence-electron chi connectivity index (χ4n) is 9.33. The number of carbonyl (C=O) groups excluding carboxylic acids is 3. The van der Waals surface area contributed by atoms with Crippen molar-refractivity contribution in [3.05, 3.63) is 42.5 Å². The van der Waals surface area contributed by atoms with Gasteiger partial charge in [-0.2, -0.15) is 0 Å². The molecule has 0 bridgehead atoms. The standard InChI is InChI=1S/C52H87N3O4/c1-5-8-10-22-26-34-48(33-25-11-9-6-2)55(49(56)35-27-23-20-18-16-14-12-13-15-17-19-21-24-28-36-50(57)59-4)51(45-39-41-54(7-3)42-40-45)52(58)53-47-38-37-44-31-29-30-32-46(44)43-47/h29-32,37-38,43,45,48,51H,5-28,33-36,39-42H2,1-4H3,(H,53,58). The van der Waals surface area contributed by atoms with Crippen LogP contribution in [-0.4, -0.2) is 66.4 Å². The Morgan fingerprint density at radius 3 is 1.68 bits per heavy atom. The number of rotatable bonds is 34. The molecule has 334 valence electrons. The van der Waals surface area contributed by atoms with Gasteiger partial charge < -0.3 is 19.9 Å². The summed E-state index contributed by atoms with van der Waals surface area (Å²) in [6.45, 7) is 9.77. The minimum atomic E-state index is -0.452. The lowest BCUT2D eigenvalue weighted by Crippen LogP contribution is -2.57. The first-order valence-electron chi connectivity index (χ1n) is 24.8. The lowest BCUT2D eigenvalue weighted by molar-refractivity contribution is -0.145. The summed E-state index contributed by atoms with van der Waals surface area (Å²) >= 11 is 0. The molecule has 1 N–H and O–H groups in total. The predicted octanol–water partition coefficient (Wildman–Crippen LogP) is 13.8. The van der Waals surface area contributed by atoms with E-state index in [0.717, 1.165) is 100 Å². The third-order valence-corrected chi connectivity index (χ3v) is 13.1. The number of hydrogen-bond donors (Lipinski definition) is 1. The van der Waals surface area contributed by atoms with Crippen LogP contribution in [-0.2, 0) is 19.1 Å². The van der Waals surface area contributed by atoms with Crippen molar-refractivity contribution >= 4 is 34.2 Å². The van der Waals surface area contributed by atoms with Crippen LogP contribution in [0.1, 0.15) is 207 Å². The van der Waals surface area contributed by atoms with Crippen LogP contribution in [0.25, 0.3) is 10.8 Å². The number of anilines is 1. The highest BCUT2D eigenvalue weighted by molar-refractivity contribution is 5.99. The summed E-state index contributed by atoms with van der Waals surface area (Å²) in [5.41, 5.74) is 0.820. The Morgan fingerprint density at radius 1 is 0.644 bits per heavy atom. The summed E-state index contributed by atoms with van der Waals surface area (Å²) in [4.78, 5) is 45.6. The molecule has 2 aromatic carbocycles. The van der Waals surface area contributed by atoms with E-state index in [2.05, 4.69) is 66.2 Å². The van der Waals surface area contributed by atoms with Crippen molar-refractivity contribution in [3.8, 4) is 0 Å². The Hall–Kier alpha value is -2.93. The van der Waals surface area contributed by atoms with Crippen molar-refractivity contribution in [2.45, 2.75) is 219 Å². The quantitative estimate of drug-likeness (QED) is 0.0562. The average molecular weight is 818 g/mol. The smallest absolute Gasteiger partial charge is 0.305 e. The molecular formula is C52H87N3O4. The summed E-state index contributed by atoms with van der Waals surface area (Å²) in [6, 6.07) is 14.2. The maximum atomic E-state index is 14.9. The number of nitrogens with one attached hydrogen (secondary N) is 1. The monoisotopic (exact) mass is 818 g/mol. The molecule has 0 aromatic heterocycles. The minimum Gasteiger partial charge on any atom is -0.469 e. The van der Waals surface area contributed by atoms with Gasteiger partial charge in [0.1, 0.15) is 6.04 Å². The minimum absolute atomic E-state index is 0.00348. The Kier molecular flexibility index (Phi) is 27.2. The van der Waals surface area contributed by atoms with Crippen molar-refractivity contribution < 1.29 is 19.1 Å². The molecule has 3 rings (SSSR count). The molecule has 0 radical (unpaired) electrons. The third kappa shape index (κ3) is 20.5. The first kappa shape index (κ1) is 50.4. The van der Waals surface area contributed by atoms with Crippen LogP contribution in [0, 0.1) is 5.92 Å². The summed E-state index contributed by atoms with van der Waals surface area (Å²) in [5.74, 6) is 0.272. The van der Waals surface area contributed by atoms with Crippen molar-refractivity contribution in [1.82, 2.24) is 9.80 Å². The second kappa shape index (κ2) is 31.9. The molecule has 1 heterocycles. The summed E-state index contributed by atoms with van der Waals surface area (Å²) < 4.78 is 4.73. The van der Waals surface area contributed by atoms with Crippen LogP contribution in [0.3, 0.4) is 0 Å². The number of hydrogen-bond acceptors (Lipinski definition) is 5. The number of esters is 1. The van der Waals surface area contributed by atoms with E-state index < -0.39 is 6.04 Å². The van der Waals surface area contributed by atoms with Gasteiger partial charge in [-0.3, -0.25) is 14.4 Å². The normalized spacial score (nSPS) is 14.6.